The van der Waals surface area contributed by atoms with Gasteiger partial charge >= 0.3 is 5.97 Å². The highest BCUT2D eigenvalue weighted by Gasteiger charge is 2.21. The number of rotatable bonds is 7. The molecule has 0 radical (unpaired) electrons. The molecule has 2 aliphatic rings. The van der Waals surface area contributed by atoms with Crippen molar-refractivity contribution in [2.75, 3.05) is 33.4 Å². The van der Waals surface area contributed by atoms with Crippen LogP contribution in [0.3, 0.4) is 0 Å². The van der Waals surface area contributed by atoms with Gasteiger partial charge in [-0.25, -0.2) is 0 Å². The first-order valence-corrected chi connectivity index (χ1v) is 9.58. The molecule has 158 valence electrons. The second-order valence-electron chi connectivity index (χ2n) is 6.96. The van der Waals surface area contributed by atoms with Crippen molar-refractivity contribution < 1.29 is 14.3 Å². The normalized spacial score (nSPS) is 17.6. The van der Waals surface area contributed by atoms with E-state index in [1.807, 2.05) is 6.07 Å². The van der Waals surface area contributed by atoms with E-state index in [1.165, 1.54) is 18.2 Å². The summed E-state index contributed by atoms with van der Waals surface area (Å²) in [5.41, 5.74) is 2.68. The molecule has 6 nitrogen and oxygen atoms in total. The highest BCUT2D eigenvalue weighted by molar-refractivity contribution is 5.85. The zero-order valence-corrected chi connectivity index (χ0v) is 18.0. The van der Waals surface area contributed by atoms with Crippen LogP contribution in [0.2, 0.25) is 0 Å². The number of nitrogens with zero attached hydrogens (tertiary/aromatic N) is 1. The summed E-state index contributed by atoms with van der Waals surface area (Å²) in [5.74, 6) is 2.13. The first-order chi connectivity index (χ1) is 12.7. The maximum Gasteiger partial charge on any atom is 0.305 e. The van der Waals surface area contributed by atoms with E-state index in [0.29, 0.717) is 18.9 Å². The third-order valence-corrected chi connectivity index (χ3v) is 4.97. The van der Waals surface area contributed by atoms with Gasteiger partial charge in [-0.1, -0.05) is 6.07 Å². The van der Waals surface area contributed by atoms with E-state index in [9.17, 15) is 4.79 Å². The number of carbonyl (C=O) groups excluding carboxylic acids is 1. The fourth-order valence-electron chi connectivity index (χ4n) is 3.51. The van der Waals surface area contributed by atoms with Gasteiger partial charge in [-0.15, -0.1) is 24.8 Å². The van der Waals surface area contributed by atoms with Gasteiger partial charge in [0.15, 0.2) is 5.96 Å². The predicted molar refractivity (Wildman–Crippen MR) is 116 cm³/mol. The molecule has 0 bridgehead atoms. The molecular weight excluding hydrogens is 401 g/mol. The molecule has 2 N–H and O–H groups in total. The average molecular weight is 432 g/mol. The van der Waals surface area contributed by atoms with Crippen molar-refractivity contribution in [1.82, 2.24) is 10.6 Å². The summed E-state index contributed by atoms with van der Waals surface area (Å²) in [7, 11) is 1.46. The third-order valence-electron chi connectivity index (χ3n) is 4.97. The molecule has 0 amide bonds. The summed E-state index contributed by atoms with van der Waals surface area (Å²) in [5, 5.41) is 6.55. The number of hydrogen-bond acceptors (Lipinski definition) is 6. The van der Waals surface area contributed by atoms with Crippen LogP contribution in [0.15, 0.2) is 23.2 Å². The van der Waals surface area contributed by atoms with Gasteiger partial charge in [0, 0.05) is 26.1 Å². The topological polar surface area (TPSA) is 72.0 Å². The number of hydrogen-bond donors (Lipinski definition) is 2. The second kappa shape index (κ2) is 12.7. The van der Waals surface area contributed by atoms with Crippen molar-refractivity contribution in [3.8, 4) is 5.75 Å². The van der Waals surface area contributed by atoms with Gasteiger partial charge in [0.2, 0.25) is 0 Å². The zero-order chi connectivity index (χ0) is 18.2. The highest BCUT2D eigenvalue weighted by Crippen LogP contribution is 2.30. The number of halogens is 2. The smallest absolute Gasteiger partial charge is 0.305 e. The Kier molecular flexibility index (Phi) is 11.1. The molecule has 8 heteroatoms. The number of ether oxygens (including phenoxy) is 2. The number of esters is 1. The van der Waals surface area contributed by atoms with E-state index in [-0.39, 0.29) is 30.8 Å². The summed E-state index contributed by atoms with van der Waals surface area (Å²) in [4.78, 5) is 15.8. The number of guanidine groups is 1. The largest absolute Gasteiger partial charge is 0.494 e. The molecule has 1 atom stereocenters. The molecule has 0 fully saturated rings. The predicted octanol–water partition coefficient (Wildman–Crippen LogP) is 2.91. The lowest BCUT2D eigenvalue weighted by atomic mass is 9.82. The fraction of sp³-hybridized carbons (Fsp3) is 0.600. The lowest BCUT2D eigenvalue weighted by Crippen LogP contribution is -2.41. The molecule has 1 aromatic carbocycles. The summed E-state index contributed by atoms with van der Waals surface area (Å²) in [6.45, 7) is 3.44. The van der Waals surface area contributed by atoms with Crippen LogP contribution in [0.5, 0.6) is 5.75 Å². The highest BCUT2D eigenvalue weighted by atomic mass is 35.5. The van der Waals surface area contributed by atoms with Crippen molar-refractivity contribution in [2.24, 2.45) is 10.9 Å². The summed E-state index contributed by atoms with van der Waals surface area (Å²) >= 11 is 0. The monoisotopic (exact) mass is 431 g/mol. The van der Waals surface area contributed by atoms with Gasteiger partial charge in [-0.3, -0.25) is 9.79 Å². The minimum absolute atomic E-state index is 0. The van der Waals surface area contributed by atoms with Gasteiger partial charge in [0.25, 0.3) is 0 Å². The lowest BCUT2D eigenvalue weighted by Gasteiger charge is -2.24. The molecule has 0 saturated heterocycles. The maximum atomic E-state index is 11.5. The Morgan fingerprint density at radius 2 is 2.18 bits per heavy atom. The minimum atomic E-state index is -0.110. The van der Waals surface area contributed by atoms with Crippen LogP contribution in [0.1, 0.15) is 36.8 Å². The SMILES string of the molecule is COC(=O)CC1CCc2cc(OCCCNC3=NCCCN3)ccc2C1.Cl.Cl. The molecule has 1 aliphatic heterocycles. The number of benzene rings is 1. The first kappa shape index (κ1) is 24.4. The Morgan fingerprint density at radius 3 is 2.93 bits per heavy atom. The summed E-state index contributed by atoms with van der Waals surface area (Å²) in [6.07, 6.45) is 5.53. The van der Waals surface area contributed by atoms with Gasteiger partial charge in [0.1, 0.15) is 5.75 Å². The van der Waals surface area contributed by atoms with Crippen molar-refractivity contribution in [1.29, 1.82) is 0 Å². The van der Waals surface area contributed by atoms with Crippen LogP contribution in [0.4, 0.5) is 0 Å². The number of methoxy groups -OCH3 is 1. The van der Waals surface area contributed by atoms with Crippen LogP contribution in [-0.2, 0) is 22.4 Å². The summed E-state index contributed by atoms with van der Waals surface area (Å²) in [6, 6.07) is 6.34. The molecule has 0 spiro atoms. The molecule has 1 heterocycles. The number of aryl methyl sites for hydroxylation is 1. The first-order valence-electron chi connectivity index (χ1n) is 9.58. The number of nitrogens with one attached hydrogen (secondary N) is 2. The van der Waals surface area contributed by atoms with Crippen LogP contribution < -0.4 is 15.4 Å². The van der Waals surface area contributed by atoms with Crippen molar-refractivity contribution in [2.45, 2.75) is 38.5 Å². The molecule has 3 rings (SSSR count). The van der Waals surface area contributed by atoms with Crippen LogP contribution >= 0.6 is 24.8 Å². The number of carbonyl (C=O) groups is 1. The van der Waals surface area contributed by atoms with Crippen molar-refractivity contribution >= 4 is 36.7 Å². The molecule has 0 aromatic heterocycles. The van der Waals surface area contributed by atoms with E-state index >= 15 is 0 Å². The van der Waals surface area contributed by atoms with E-state index in [4.69, 9.17) is 9.47 Å². The van der Waals surface area contributed by atoms with Gasteiger partial charge in [0.05, 0.1) is 13.7 Å². The fourth-order valence-corrected chi connectivity index (χ4v) is 3.51. The van der Waals surface area contributed by atoms with E-state index < -0.39 is 0 Å². The third kappa shape index (κ3) is 7.40. The van der Waals surface area contributed by atoms with Crippen LogP contribution in [0.25, 0.3) is 0 Å². The van der Waals surface area contributed by atoms with Gasteiger partial charge in [-0.05, 0) is 61.3 Å². The van der Waals surface area contributed by atoms with E-state index in [0.717, 1.165) is 63.4 Å². The number of fused-ring (bicyclic) bond motifs is 1. The quantitative estimate of drug-likeness (QED) is 0.512. The molecule has 1 unspecified atom stereocenters. The zero-order valence-electron chi connectivity index (χ0n) is 16.4. The van der Waals surface area contributed by atoms with Gasteiger partial charge in [-0.2, -0.15) is 0 Å². The lowest BCUT2D eigenvalue weighted by molar-refractivity contribution is -0.141. The summed E-state index contributed by atoms with van der Waals surface area (Å²) < 4.78 is 10.7. The Hall–Kier alpha value is -1.66. The maximum absolute atomic E-state index is 11.5. The van der Waals surface area contributed by atoms with E-state index in [1.54, 1.807) is 0 Å². The Labute approximate surface area is 179 Å². The average Bonchev–Trinajstić information content (AvgIpc) is 2.68. The van der Waals surface area contributed by atoms with Crippen LogP contribution in [-0.4, -0.2) is 45.3 Å². The van der Waals surface area contributed by atoms with Crippen LogP contribution in [0, 0.1) is 5.92 Å². The standard InChI is InChI=1S/C20H29N3O3.2ClH/c1-25-19(24)13-15-4-5-17-14-18(7-6-16(17)12-15)26-11-3-10-23-20-21-8-2-9-22-20;;/h6-7,14-15H,2-5,8-13H2,1H3,(H2,21,22,23);2*1H. The molecular formula is C20H31Cl2N3O3. The number of aliphatic imine (C=N–C) groups is 1. The van der Waals surface area contributed by atoms with E-state index in [2.05, 4.69) is 27.8 Å². The molecule has 1 aliphatic carbocycles. The Morgan fingerprint density at radius 1 is 1.32 bits per heavy atom. The molecule has 1 aromatic rings. The molecule has 28 heavy (non-hydrogen) atoms. The second-order valence-corrected chi connectivity index (χ2v) is 6.96. The van der Waals surface area contributed by atoms with Crippen molar-refractivity contribution in [3.05, 3.63) is 29.3 Å². The van der Waals surface area contributed by atoms with Gasteiger partial charge < -0.3 is 20.1 Å². The Bertz CT molecular complexity index is 656. The Balaban J connectivity index is 0.00000196. The molecule has 0 saturated carbocycles. The van der Waals surface area contributed by atoms with Crippen molar-refractivity contribution in [3.63, 3.8) is 0 Å². The minimum Gasteiger partial charge on any atom is -0.494 e.